The fourth-order valence-corrected chi connectivity index (χ4v) is 3.39. The maximum Gasteiger partial charge on any atom is 0.256 e. The number of aliphatic hydroxyl groups is 1. The lowest BCUT2D eigenvalue weighted by molar-refractivity contribution is 0.0474. The number of rotatable bonds is 5. The number of nitrogens with one attached hydrogen (secondary N) is 1. The molecule has 28 heavy (non-hydrogen) atoms. The average Bonchev–Trinajstić information content (AvgIpc) is 3.21. The van der Waals surface area contributed by atoms with Crippen LogP contribution in [0.25, 0.3) is 5.69 Å². The Bertz CT molecular complexity index is 943. The zero-order chi connectivity index (χ0) is 19.3. The average molecular weight is 378 g/mol. The van der Waals surface area contributed by atoms with Crippen LogP contribution in [-0.2, 0) is 6.54 Å². The van der Waals surface area contributed by atoms with Gasteiger partial charge in [0.1, 0.15) is 0 Å². The molecule has 0 spiro atoms. The highest BCUT2D eigenvalue weighted by Gasteiger charge is 2.24. The summed E-state index contributed by atoms with van der Waals surface area (Å²) in [5.74, 6) is 0.561. The molecule has 1 atom stereocenters. The topological polar surface area (TPSA) is 96.2 Å². The molecule has 1 aliphatic heterocycles. The number of anilines is 1. The van der Waals surface area contributed by atoms with E-state index in [1.165, 1.54) is 0 Å². The molecule has 1 aliphatic rings. The van der Waals surface area contributed by atoms with Crippen molar-refractivity contribution in [3.05, 3.63) is 66.0 Å². The fourth-order valence-electron chi connectivity index (χ4n) is 3.39. The number of nitrogens with zero attached hydrogens (tertiary/aromatic N) is 5. The van der Waals surface area contributed by atoms with Crippen LogP contribution in [0.5, 0.6) is 0 Å². The summed E-state index contributed by atoms with van der Waals surface area (Å²) < 4.78 is 1.67. The Balaban J connectivity index is 1.51. The van der Waals surface area contributed by atoms with Gasteiger partial charge in [-0.25, -0.2) is 0 Å². The molecule has 1 amide bonds. The van der Waals surface area contributed by atoms with Gasteiger partial charge in [0.15, 0.2) is 5.82 Å². The van der Waals surface area contributed by atoms with E-state index in [2.05, 4.69) is 20.8 Å². The SMILES string of the molecule is O=C(c1ccccc1NCc1nnnn1-c1ccccc1)N1CCCC(O)C1. The summed E-state index contributed by atoms with van der Waals surface area (Å²) in [4.78, 5) is 14.7. The largest absolute Gasteiger partial charge is 0.391 e. The minimum Gasteiger partial charge on any atom is -0.391 e. The zero-order valence-electron chi connectivity index (χ0n) is 15.4. The predicted octanol–water partition coefficient (Wildman–Crippen LogP) is 1.87. The number of β-amino-alcohol motifs (C(OH)–C–C–N with tert-alkyl or cyclic N) is 1. The molecule has 3 aromatic rings. The molecule has 0 aliphatic carbocycles. The predicted molar refractivity (Wildman–Crippen MR) is 104 cm³/mol. The maximum absolute atomic E-state index is 12.9. The lowest BCUT2D eigenvalue weighted by atomic mass is 10.1. The van der Waals surface area contributed by atoms with Crippen LogP contribution in [0, 0.1) is 0 Å². The van der Waals surface area contributed by atoms with Crippen LogP contribution in [0.2, 0.25) is 0 Å². The first-order valence-corrected chi connectivity index (χ1v) is 9.35. The molecule has 0 radical (unpaired) electrons. The van der Waals surface area contributed by atoms with Crippen LogP contribution >= 0.6 is 0 Å². The van der Waals surface area contributed by atoms with Crippen LogP contribution in [0.4, 0.5) is 5.69 Å². The van der Waals surface area contributed by atoms with Crippen LogP contribution in [0.3, 0.4) is 0 Å². The smallest absolute Gasteiger partial charge is 0.256 e. The number of carbonyl (C=O) groups is 1. The second kappa shape index (κ2) is 8.18. The summed E-state index contributed by atoms with van der Waals surface area (Å²) >= 11 is 0. The standard InChI is InChI=1S/C20H22N6O2/c27-16-9-6-12-25(14-16)20(28)17-10-4-5-11-18(17)21-13-19-22-23-24-26(19)15-7-2-1-3-8-15/h1-5,7-8,10-11,16,21,27H,6,9,12-14H2. The summed E-state index contributed by atoms with van der Waals surface area (Å²) in [5, 5.41) is 25.1. The molecular formula is C20H22N6O2. The van der Waals surface area contributed by atoms with Crippen molar-refractivity contribution in [1.29, 1.82) is 0 Å². The first-order valence-electron chi connectivity index (χ1n) is 9.35. The van der Waals surface area contributed by atoms with E-state index in [9.17, 15) is 9.90 Å². The van der Waals surface area contributed by atoms with Crippen molar-refractivity contribution < 1.29 is 9.90 Å². The third-order valence-corrected chi connectivity index (χ3v) is 4.81. The molecule has 0 saturated carbocycles. The molecule has 4 rings (SSSR count). The van der Waals surface area contributed by atoms with Gasteiger partial charge in [0.2, 0.25) is 0 Å². The monoisotopic (exact) mass is 378 g/mol. The first-order chi connectivity index (χ1) is 13.7. The highest BCUT2D eigenvalue weighted by atomic mass is 16.3. The van der Waals surface area contributed by atoms with Gasteiger partial charge in [-0.3, -0.25) is 4.79 Å². The summed E-state index contributed by atoms with van der Waals surface area (Å²) in [6.07, 6.45) is 1.11. The van der Waals surface area contributed by atoms with Gasteiger partial charge >= 0.3 is 0 Å². The molecule has 2 heterocycles. The summed E-state index contributed by atoms with van der Waals surface area (Å²) in [6.45, 7) is 1.41. The Hall–Kier alpha value is -3.26. The Labute approximate surface area is 162 Å². The number of para-hydroxylation sites is 2. The van der Waals surface area contributed by atoms with Gasteiger partial charge in [-0.2, -0.15) is 4.68 Å². The number of likely N-dealkylation sites (tertiary alicyclic amines) is 1. The van der Waals surface area contributed by atoms with Gasteiger partial charge in [0.25, 0.3) is 5.91 Å². The third kappa shape index (κ3) is 3.86. The molecule has 2 N–H and O–H groups in total. The van der Waals surface area contributed by atoms with Crippen LogP contribution in [0.1, 0.15) is 29.0 Å². The second-order valence-electron chi connectivity index (χ2n) is 6.79. The van der Waals surface area contributed by atoms with Crippen LogP contribution < -0.4 is 5.32 Å². The maximum atomic E-state index is 12.9. The molecule has 2 aromatic carbocycles. The molecule has 144 valence electrons. The number of carbonyl (C=O) groups excluding carboxylic acids is 1. The van der Waals surface area contributed by atoms with Crippen molar-refractivity contribution in [2.45, 2.75) is 25.5 Å². The van der Waals surface area contributed by atoms with Gasteiger partial charge in [-0.15, -0.1) is 5.10 Å². The number of hydrogen-bond acceptors (Lipinski definition) is 6. The van der Waals surface area contributed by atoms with E-state index < -0.39 is 6.10 Å². The van der Waals surface area contributed by atoms with E-state index in [1.807, 2.05) is 48.5 Å². The molecule has 8 nitrogen and oxygen atoms in total. The Kier molecular flexibility index (Phi) is 5.29. The zero-order valence-corrected chi connectivity index (χ0v) is 15.4. The van der Waals surface area contributed by atoms with E-state index in [1.54, 1.807) is 15.6 Å². The first kappa shape index (κ1) is 18.1. The third-order valence-electron chi connectivity index (χ3n) is 4.81. The highest BCUT2D eigenvalue weighted by molar-refractivity contribution is 5.99. The van der Waals surface area contributed by atoms with Gasteiger partial charge < -0.3 is 15.3 Å². The lowest BCUT2D eigenvalue weighted by Crippen LogP contribution is -2.42. The number of benzene rings is 2. The van der Waals surface area contributed by atoms with Gasteiger partial charge in [-0.05, 0) is 47.5 Å². The lowest BCUT2D eigenvalue weighted by Gasteiger charge is -2.30. The number of aliphatic hydroxyl groups excluding tert-OH is 1. The molecule has 1 unspecified atom stereocenters. The molecule has 1 aromatic heterocycles. The van der Waals surface area contributed by atoms with E-state index in [0.29, 0.717) is 31.0 Å². The summed E-state index contributed by atoms with van der Waals surface area (Å²) in [7, 11) is 0. The Morgan fingerprint density at radius 3 is 2.75 bits per heavy atom. The van der Waals surface area contributed by atoms with Crippen LogP contribution in [-0.4, -0.2) is 55.3 Å². The quantitative estimate of drug-likeness (QED) is 0.704. The van der Waals surface area contributed by atoms with E-state index in [0.717, 1.165) is 24.2 Å². The fraction of sp³-hybridized carbons (Fsp3) is 0.300. The van der Waals surface area contributed by atoms with Crippen molar-refractivity contribution in [2.75, 3.05) is 18.4 Å². The number of amides is 1. The highest BCUT2D eigenvalue weighted by Crippen LogP contribution is 2.21. The summed E-state index contributed by atoms with van der Waals surface area (Å²) in [6, 6.07) is 17.0. The van der Waals surface area contributed by atoms with E-state index >= 15 is 0 Å². The summed E-state index contributed by atoms with van der Waals surface area (Å²) in [5.41, 5.74) is 2.17. The van der Waals surface area contributed by atoms with E-state index in [-0.39, 0.29) is 5.91 Å². The van der Waals surface area contributed by atoms with E-state index in [4.69, 9.17) is 0 Å². The van der Waals surface area contributed by atoms with Crippen molar-refractivity contribution in [1.82, 2.24) is 25.1 Å². The van der Waals surface area contributed by atoms with Crippen molar-refractivity contribution in [3.8, 4) is 5.69 Å². The van der Waals surface area contributed by atoms with Gasteiger partial charge in [-0.1, -0.05) is 30.3 Å². The molecule has 1 fully saturated rings. The molecule has 1 saturated heterocycles. The number of aromatic nitrogens is 4. The second-order valence-corrected chi connectivity index (χ2v) is 6.79. The van der Waals surface area contributed by atoms with Gasteiger partial charge in [0.05, 0.1) is 23.9 Å². The van der Waals surface area contributed by atoms with Crippen molar-refractivity contribution in [2.24, 2.45) is 0 Å². The normalized spacial score (nSPS) is 16.8. The molecular weight excluding hydrogens is 356 g/mol. The number of piperidine rings is 1. The van der Waals surface area contributed by atoms with Crippen LogP contribution in [0.15, 0.2) is 54.6 Å². The molecule has 8 heteroatoms. The van der Waals surface area contributed by atoms with Gasteiger partial charge in [0, 0.05) is 18.8 Å². The van der Waals surface area contributed by atoms with Crippen molar-refractivity contribution in [3.63, 3.8) is 0 Å². The minimum absolute atomic E-state index is 0.0792. The Morgan fingerprint density at radius 2 is 1.93 bits per heavy atom. The number of tetrazole rings is 1. The van der Waals surface area contributed by atoms with Crippen molar-refractivity contribution >= 4 is 11.6 Å². The number of hydrogen-bond donors (Lipinski definition) is 2. The Morgan fingerprint density at radius 1 is 1.14 bits per heavy atom. The molecule has 0 bridgehead atoms. The minimum atomic E-state index is -0.451.